The molecular formula is C48H60Cl2Zr-2. The van der Waals surface area contributed by atoms with E-state index in [2.05, 4.69) is 142 Å². The van der Waals surface area contributed by atoms with Gasteiger partial charge >= 0.3 is 76.7 Å². The van der Waals surface area contributed by atoms with Gasteiger partial charge in [0.05, 0.1) is 0 Å². The first-order valence-corrected chi connectivity index (χ1v) is 20.3. The number of fused-ring (bicyclic) bond motifs is 3. The Hall–Kier alpha value is -1.66. The van der Waals surface area contributed by atoms with Gasteiger partial charge in [-0.05, 0) is 90.1 Å². The summed E-state index contributed by atoms with van der Waals surface area (Å²) in [5.74, 6) is 3.27. The van der Waals surface area contributed by atoms with E-state index in [-0.39, 0.29) is 35.6 Å². The third-order valence-electron chi connectivity index (χ3n) is 12.0. The van der Waals surface area contributed by atoms with Crippen LogP contribution in [0.1, 0.15) is 137 Å². The van der Waals surface area contributed by atoms with E-state index in [1.54, 1.807) is 49.7 Å². The van der Waals surface area contributed by atoms with Crippen molar-refractivity contribution in [2.75, 3.05) is 0 Å². The van der Waals surface area contributed by atoms with Crippen molar-refractivity contribution in [2.45, 2.75) is 131 Å². The molecule has 0 heterocycles. The van der Waals surface area contributed by atoms with Gasteiger partial charge < -0.3 is 24.8 Å². The van der Waals surface area contributed by atoms with Crippen molar-refractivity contribution in [1.29, 1.82) is 0 Å². The molecule has 5 aliphatic carbocycles. The van der Waals surface area contributed by atoms with Gasteiger partial charge in [0, 0.05) is 0 Å². The van der Waals surface area contributed by atoms with Gasteiger partial charge in [-0.2, -0.15) is 46.5 Å². The molecule has 3 heteroatoms. The van der Waals surface area contributed by atoms with Crippen molar-refractivity contribution in [1.82, 2.24) is 0 Å². The van der Waals surface area contributed by atoms with Crippen LogP contribution in [0.15, 0.2) is 66.7 Å². The molecule has 4 fully saturated rings. The summed E-state index contributed by atoms with van der Waals surface area (Å²) < 4.78 is 1.46. The maximum absolute atomic E-state index is 3.67. The van der Waals surface area contributed by atoms with Crippen molar-refractivity contribution in [3.63, 3.8) is 0 Å². The summed E-state index contributed by atoms with van der Waals surface area (Å²) in [6.45, 7) is 22.4. The molecule has 0 N–H and O–H groups in total. The number of hydrogen-bond acceptors (Lipinski definition) is 0. The predicted octanol–water partition coefficient (Wildman–Crippen LogP) is 6.52. The zero-order valence-electron chi connectivity index (χ0n) is 33.0. The molecule has 0 aliphatic heterocycles. The molecule has 0 radical (unpaired) electrons. The van der Waals surface area contributed by atoms with Gasteiger partial charge in [0.25, 0.3) is 0 Å². The monoisotopic (exact) mass is 796 g/mol. The molecule has 4 saturated carbocycles. The zero-order chi connectivity index (χ0) is 35.3. The van der Waals surface area contributed by atoms with E-state index >= 15 is 0 Å². The largest absolute Gasteiger partial charge is 1.00 e. The third-order valence-corrected chi connectivity index (χ3v) is 12.7. The SMILES string of the molecule is CC(C)(C)c1[c-]c2c(cc1)-c1ccc(C(C)(C)C)cc1C2.C[C](=[Zr+2])c1ccc(C)cc1.Cc1cc(CC23CC4CC(CC(C4)C2)C3)c(C)[cH-]1.[Cl-].[Cl-]. The second-order valence-electron chi connectivity index (χ2n) is 18.6. The first kappa shape index (κ1) is 42.1. The number of halogens is 2. The molecule has 0 amide bonds. The quantitative estimate of drug-likeness (QED) is 0.183. The van der Waals surface area contributed by atoms with Gasteiger partial charge in [0.2, 0.25) is 0 Å². The number of benzene rings is 3. The average Bonchev–Trinajstić information content (AvgIpc) is 3.53. The summed E-state index contributed by atoms with van der Waals surface area (Å²) in [4.78, 5) is 0. The second kappa shape index (κ2) is 16.4. The Morgan fingerprint density at radius 1 is 0.765 bits per heavy atom. The standard InChI is InChI=1S/C21H25.C18H25.C9H10.2ClH.Zr/c1-20(2,3)16-7-9-18-14(12-16)11-15-13-17(21(4,5)6)8-10-19(15)18;1-12-3-13(2)17(4-12)11-18-8-14-5-15(9-18)7-16(6-14)10-18;1-3-9-6-4-8(2)5-7-9;;;/h7-10,12H,11H2,1-6H3;3-4,14-16H,5-11H2,1-2H3;4-7H,1-2H3;2*1H;/q2*-1;;;;+2/p-2. The average molecular weight is 799 g/mol. The van der Waals surface area contributed by atoms with E-state index in [1.807, 2.05) is 0 Å². The number of aryl methyl sites for hydroxylation is 3. The Morgan fingerprint density at radius 2 is 1.33 bits per heavy atom. The Labute approximate surface area is 338 Å². The topological polar surface area (TPSA) is 0 Å². The molecule has 272 valence electrons. The minimum Gasteiger partial charge on any atom is -1.00 e. The summed E-state index contributed by atoms with van der Waals surface area (Å²) >= 11 is 1.51. The van der Waals surface area contributed by atoms with Crippen LogP contribution in [0.3, 0.4) is 0 Å². The van der Waals surface area contributed by atoms with Crippen LogP contribution in [-0.4, -0.2) is 3.21 Å². The van der Waals surface area contributed by atoms with Crippen LogP contribution in [0.2, 0.25) is 0 Å². The Morgan fingerprint density at radius 3 is 1.82 bits per heavy atom. The van der Waals surface area contributed by atoms with Crippen molar-refractivity contribution in [2.24, 2.45) is 23.2 Å². The van der Waals surface area contributed by atoms with Crippen LogP contribution in [0.25, 0.3) is 11.1 Å². The number of hydrogen-bond donors (Lipinski definition) is 0. The van der Waals surface area contributed by atoms with Crippen LogP contribution in [-0.2, 0) is 47.9 Å². The maximum atomic E-state index is 3.67. The molecule has 0 nitrogen and oxygen atoms in total. The van der Waals surface area contributed by atoms with Crippen LogP contribution < -0.4 is 24.8 Å². The Bertz CT molecular complexity index is 1710. The van der Waals surface area contributed by atoms with Gasteiger partial charge in [-0.15, -0.1) is 11.1 Å². The Kier molecular flexibility index (Phi) is 13.5. The van der Waals surface area contributed by atoms with Crippen molar-refractivity contribution in [3.05, 3.63) is 123 Å². The van der Waals surface area contributed by atoms with Gasteiger partial charge in [-0.1, -0.05) is 85.6 Å². The summed E-state index contributed by atoms with van der Waals surface area (Å²) in [5, 5.41) is 0. The fourth-order valence-corrected chi connectivity index (χ4v) is 10.2. The zero-order valence-corrected chi connectivity index (χ0v) is 37.0. The van der Waals surface area contributed by atoms with Crippen molar-refractivity contribution in [3.8, 4) is 11.1 Å². The van der Waals surface area contributed by atoms with E-state index in [0.29, 0.717) is 5.41 Å². The van der Waals surface area contributed by atoms with Crippen LogP contribution in [0.4, 0.5) is 0 Å². The molecule has 4 bridgehead atoms. The summed E-state index contributed by atoms with van der Waals surface area (Å²) in [5.41, 5.74) is 16.8. The molecular weight excluding hydrogens is 739 g/mol. The molecule has 0 atom stereocenters. The van der Waals surface area contributed by atoms with Crippen molar-refractivity contribution >= 4 is 3.21 Å². The molecule has 0 aromatic heterocycles. The van der Waals surface area contributed by atoms with Gasteiger partial charge in [-0.3, -0.25) is 0 Å². The maximum Gasteiger partial charge on any atom is -0.0363 e. The molecule has 0 unspecified atom stereocenters. The van der Waals surface area contributed by atoms with E-state index < -0.39 is 0 Å². The molecule has 4 aromatic carbocycles. The Balaban J connectivity index is 0.000000178. The molecule has 5 aliphatic rings. The number of rotatable bonds is 3. The fraction of sp³-hybridized carbons (Fsp3) is 0.500. The fourth-order valence-electron chi connectivity index (χ4n) is 9.80. The van der Waals surface area contributed by atoms with Gasteiger partial charge in [0.15, 0.2) is 0 Å². The first-order valence-electron chi connectivity index (χ1n) is 19.0. The summed E-state index contributed by atoms with van der Waals surface area (Å²) in [6.07, 6.45) is 11.7. The van der Waals surface area contributed by atoms with Crippen LogP contribution in [0, 0.1) is 50.0 Å². The molecule has 4 aromatic rings. The summed E-state index contributed by atoms with van der Waals surface area (Å²) in [7, 11) is 0. The van der Waals surface area contributed by atoms with E-state index in [0.717, 1.165) is 24.2 Å². The molecule has 9 rings (SSSR count). The molecule has 51 heavy (non-hydrogen) atoms. The third kappa shape index (κ3) is 9.91. The minimum atomic E-state index is 0. The van der Waals surface area contributed by atoms with E-state index in [1.165, 1.54) is 83.9 Å². The normalized spacial score (nSPS) is 22.3. The second-order valence-corrected chi connectivity index (χ2v) is 20.5. The van der Waals surface area contributed by atoms with E-state index in [4.69, 9.17) is 0 Å². The first-order chi connectivity index (χ1) is 23.0. The van der Waals surface area contributed by atoms with Crippen LogP contribution in [0.5, 0.6) is 0 Å². The predicted molar refractivity (Wildman–Crippen MR) is 208 cm³/mol. The minimum absolute atomic E-state index is 0. The van der Waals surface area contributed by atoms with Gasteiger partial charge in [-0.25, -0.2) is 6.07 Å². The molecule has 0 spiro atoms. The summed E-state index contributed by atoms with van der Waals surface area (Å²) in [6, 6.07) is 28.7. The van der Waals surface area contributed by atoms with Crippen LogP contribution >= 0.6 is 0 Å². The molecule has 0 saturated heterocycles. The van der Waals surface area contributed by atoms with Crippen molar-refractivity contribution < 1.29 is 49.0 Å². The van der Waals surface area contributed by atoms with Gasteiger partial charge in [0.1, 0.15) is 0 Å². The van der Waals surface area contributed by atoms with E-state index in [9.17, 15) is 0 Å². The smallest absolute Gasteiger partial charge is 0.0363 e.